The molecule has 3 N–H and O–H groups in total. The number of rotatable bonds is 5. The number of aromatic nitrogens is 4. The van der Waals surface area contributed by atoms with E-state index in [-0.39, 0.29) is 11.9 Å². The van der Waals surface area contributed by atoms with Crippen LogP contribution in [0.25, 0.3) is 28.0 Å². The molecule has 2 heterocycles. The van der Waals surface area contributed by atoms with E-state index < -0.39 is 0 Å². The van der Waals surface area contributed by atoms with Crippen molar-refractivity contribution in [2.45, 2.75) is 19.9 Å². The van der Waals surface area contributed by atoms with Crippen LogP contribution in [0.4, 0.5) is 16.2 Å². The summed E-state index contributed by atoms with van der Waals surface area (Å²) in [6, 6.07) is 13.6. The Labute approximate surface area is 167 Å². The predicted octanol–water partition coefficient (Wildman–Crippen LogP) is 4.03. The highest BCUT2D eigenvalue weighted by Gasteiger charge is 2.21. The molecule has 2 aromatic carbocycles. The Balaban J connectivity index is 2.00. The van der Waals surface area contributed by atoms with Crippen molar-refractivity contribution in [2.75, 3.05) is 18.2 Å². The number of nitrogens with two attached hydrogens (primary N) is 1. The maximum atomic E-state index is 13.3. The van der Waals surface area contributed by atoms with E-state index in [1.165, 1.54) is 16.8 Å². The summed E-state index contributed by atoms with van der Waals surface area (Å²) in [7, 11) is 1.61. The Bertz CT molecular complexity index is 1170. The first-order chi connectivity index (χ1) is 14.0. The van der Waals surface area contributed by atoms with Crippen molar-refractivity contribution in [3.8, 4) is 22.7 Å². The van der Waals surface area contributed by atoms with Crippen LogP contribution in [0.5, 0.6) is 5.75 Å². The smallest absolute Gasteiger partial charge is 0.225 e. The van der Waals surface area contributed by atoms with Crippen molar-refractivity contribution in [3.63, 3.8) is 0 Å². The molecule has 4 aromatic rings. The molecule has 4 rings (SSSR count). The van der Waals surface area contributed by atoms with Gasteiger partial charge >= 0.3 is 0 Å². The van der Waals surface area contributed by atoms with E-state index in [4.69, 9.17) is 15.5 Å². The van der Waals surface area contributed by atoms with E-state index in [0.717, 1.165) is 5.56 Å². The Morgan fingerprint density at radius 2 is 1.79 bits per heavy atom. The number of para-hydroxylation sites is 1. The van der Waals surface area contributed by atoms with Gasteiger partial charge in [-0.25, -0.2) is 14.1 Å². The number of ether oxygens (including phenoxy) is 1. The lowest BCUT2D eigenvalue weighted by molar-refractivity contribution is 0.416. The monoisotopic (exact) mass is 392 g/mol. The molecule has 0 fully saturated rings. The van der Waals surface area contributed by atoms with Crippen molar-refractivity contribution in [2.24, 2.45) is 0 Å². The lowest BCUT2D eigenvalue weighted by Gasteiger charge is -2.12. The molecule has 0 aliphatic carbocycles. The van der Waals surface area contributed by atoms with E-state index in [0.29, 0.717) is 39.9 Å². The number of hydrogen-bond acceptors (Lipinski definition) is 6. The highest BCUT2D eigenvalue weighted by molar-refractivity contribution is 6.00. The molecule has 0 spiro atoms. The van der Waals surface area contributed by atoms with Gasteiger partial charge in [-0.2, -0.15) is 4.98 Å². The average Bonchev–Trinajstić information content (AvgIpc) is 3.04. The molecule has 2 aromatic heterocycles. The SMILES string of the molecule is COc1ccccc1-c1nc(NC(C)C)nc2nn(-c3ccc(F)cc3)c(N)c12. The topological polar surface area (TPSA) is 90.9 Å². The van der Waals surface area contributed by atoms with Crippen LogP contribution in [-0.2, 0) is 0 Å². The molecule has 0 aliphatic rings. The van der Waals surface area contributed by atoms with Gasteiger partial charge in [0.25, 0.3) is 0 Å². The summed E-state index contributed by atoms with van der Waals surface area (Å²) < 4.78 is 20.4. The third-order valence-electron chi connectivity index (χ3n) is 4.42. The van der Waals surface area contributed by atoms with Gasteiger partial charge in [0.05, 0.1) is 23.9 Å². The van der Waals surface area contributed by atoms with E-state index in [9.17, 15) is 4.39 Å². The fourth-order valence-electron chi connectivity index (χ4n) is 3.15. The maximum Gasteiger partial charge on any atom is 0.225 e. The molecular formula is C21H21FN6O. The normalized spacial score (nSPS) is 11.2. The third-order valence-corrected chi connectivity index (χ3v) is 4.42. The van der Waals surface area contributed by atoms with Gasteiger partial charge in [0.15, 0.2) is 5.65 Å². The molecule has 0 saturated heterocycles. The minimum atomic E-state index is -0.332. The van der Waals surface area contributed by atoms with Crippen molar-refractivity contribution in [1.29, 1.82) is 0 Å². The zero-order valence-electron chi connectivity index (χ0n) is 16.3. The molecule has 0 amide bonds. The third kappa shape index (κ3) is 3.44. The van der Waals surface area contributed by atoms with Crippen LogP contribution < -0.4 is 15.8 Å². The first-order valence-corrected chi connectivity index (χ1v) is 9.20. The molecule has 0 bridgehead atoms. The molecule has 0 saturated carbocycles. The summed E-state index contributed by atoms with van der Waals surface area (Å²) in [5.74, 6) is 1.14. The Hall–Kier alpha value is -3.68. The summed E-state index contributed by atoms with van der Waals surface area (Å²) in [4.78, 5) is 9.24. The molecule has 148 valence electrons. The lowest BCUT2D eigenvalue weighted by Crippen LogP contribution is -2.13. The summed E-state index contributed by atoms with van der Waals surface area (Å²) in [5, 5.41) is 8.38. The van der Waals surface area contributed by atoms with Gasteiger partial charge in [-0.05, 0) is 50.2 Å². The van der Waals surface area contributed by atoms with Gasteiger partial charge in [0.1, 0.15) is 17.4 Å². The minimum absolute atomic E-state index is 0.134. The molecule has 0 radical (unpaired) electrons. The first-order valence-electron chi connectivity index (χ1n) is 9.20. The largest absolute Gasteiger partial charge is 0.496 e. The van der Waals surface area contributed by atoms with Crippen LogP contribution >= 0.6 is 0 Å². The molecule has 0 unspecified atom stereocenters. The van der Waals surface area contributed by atoms with Crippen LogP contribution in [0.15, 0.2) is 48.5 Å². The van der Waals surface area contributed by atoms with E-state index in [2.05, 4.69) is 15.4 Å². The number of methoxy groups -OCH3 is 1. The summed E-state index contributed by atoms with van der Waals surface area (Å²) in [6.45, 7) is 4.00. The summed E-state index contributed by atoms with van der Waals surface area (Å²) >= 11 is 0. The standard InChI is InChI=1S/C21H21FN6O/c1-12(2)24-21-25-18(15-6-4-5-7-16(15)29-3)17-19(23)28(27-20(17)26-21)14-10-8-13(22)9-11-14/h4-12H,23H2,1-3H3,(H,24,26,27). The van der Waals surface area contributed by atoms with Crippen molar-refractivity contribution in [1.82, 2.24) is 19.7 Å². The highest BCUT2D eigenvalue weighted by Crippen LogP contribution is 2.37. The number of fused-ring (bicyclic) bond motifs is 1. The fourth-order valence-corrected chi connectivity index (χ4v) is 3.15. The number of nitrogen functional groups attached to an aromatic ring is 1. The quantitative estimate of drug-likeness (QED) is 0.533. The van der Waals surface area contributed by atoms with Crippen molar-refractivity contribution >= 4 is 22.8 Å². The Morgan fingerprint density at radius 3 is 2.48 bits per heavy atom. The zero-order chi connectivity index (χ0) is 20.5. The van der Waals surface area contributed by atoms with E-state index in [1.807, 2.05) is 38.1 Å². The number of hydrogen-bond donors (Lipinski definition) is 2. The molecule has 0 aliphatic heterocycles. The number of halogens is 1. The second kappa shape index (κ2) is 7.38. The average molecular weight is 392 g/mol. The van der Waals surface area contributed by atoms with Crippen LogP contribution in [0.2, 0.25) is 0 Å². The van der Waals surface area contributed by atoms with Gasteiger partial charge in [0, 0.05) is 11.6 Å². The van der Waals surface area contributed by atoms with Crippen molar-refractivity contribution in [3.05, 3.63) is 54.3 Å². The molecule has 29 heavy (non-hydrogen) atoms. The van der Waals surface area contributed by atoms with Crippen LogP contribution in [0.3, 0.4) is 0 Å². The molecule has 8 heteroatoms. The molecular weight excluding hydrogens is 371 g/mol. The zero-order valence-corrected chi connectivity index (χ0v) is 16.3. The molecule has 7 nitrogen and oxygen atoms in total. The van der Waals surface area contributed by atoms with E-state index >= 15 is 0 Å². The van der Waals surface area contributed by atoms with Crippen LogP contribution in [0, 0.1) is 5.82 Å². The van der Waals surface area contributed by atoms with Crippen molar-refractivity contribution < 1.29 is 9.13 Å². The maximum absolute atomic E-state index is 13.3. The van der Waals surface area contributed by atoms with Gasteiger partial charge in [0.2, 0.25) is 5.95 Å². The van der Waals surface area contributed by atoms with E-state index in [1.54, 1.807) is 19.2 Å². The Kier molecular flexibility index (Phi) is 4.75. The van der Waals surface area contributed by atoms with Crippen LogP contribution in [0.1, 0.15) is 13.8 Å². The summed E-state index contributed by atoms with van der Waals surface area (Å²) in [5.41, 5.74) is 8.91. The number of nitrogens with zero attached hydrogens (tertiary/aromatic N) is 4. The second-order valence-electron chi connectivity index (χ2n) is 6.87. The number of benzene rings is 2. The summed E-state index contributed by atoms with van der Waals surface area (Å²) in [6.07, 6.45) is 0. The highest BCUT2D eigenvalue weighted by atomic mass is 19.1. The number of nitrogens with one attached hydrogen (secondary N) is 1. The first kappa shape index (κ1) is 18.7. The van der Waals surface area contributed by atoms with Gasteiger partial charge < -0.3 is 15.8 Å². The lowest BCUT2D eigenvalue weighted by atomic mass is 10.1. The Morgan fingerprint density at radius 1 is 1.07 bits per heavy atom. The van der Waals surface area contributed by atoms with Gasteiger partial charge in [-0.3, -0.25) is 0 Å². The van der Waals surface area contributed by atoms with Crippen LogP contribution in [-0.4, -0.2) is 32.9 Å². The second-order valence-corrected chi connectivity index (χ2v) is 6.87. The van der Waals surface area contributed by atoms with Gasteiger partial charge in [-0.1, -0.05) is 12.1 Å². The predicted molar refractivity (Wildman–Crippen MR) is 112 cm³/mol. The minimum Gasteiger partial charge on any atom is -0.496 e. The fraction of sp³-hybridized carbons (Fsp3) is 0.190. The molecule has 0 atom stereocenters. The van der Waals surface area contributed by atoms with Gasteiger partial charge in [-0.15, -0.1) is 5.10 Å². The number of anilines is 2.